The van der Waals surface area contributed by atoms with E-state index in [1.807, 2.05) is 6.92 Å². The predicted octanol–water partition coefficient (Wildman–Crippen LogP) is 0.159. The van der Waals surface area contributed by atoms with Crippen molar-refractivity contribution in [3.05, 3.63) is 11.9 Å². The van der Waals surface area contributed by atoms with Crippen LogP contribution in [0.1, 0.15) is 19.2 Å². The summed E-state index contributed by atoms with van der Waals surface area (Å²) in [5.41, 5.74) is 4.88. The maximum atomic E-state index is 10.1. The molecule has 1 atom stereocenters. The standard InChI is InChI=1S/C12H20N4O3/c1-2-18-6-11-15-9(13)5-10(16-11)14-7-12(17)3-4-19-8-12/h5,17H,2-4,6-8H2,1H3,(H3,13,14,15,16). The van der Waals surface area contributed by atoms with Crippen LogP contribution in [0.15, 0.2) is 6.07 Å². The number of aliphatic hydroxyl groups is 1. The quantitative estimate of drug-likeness (QED) is 0.675. The van der Waals surface area contributed by atoms with Gasteiger partial charge >= 0.3 is 0 Å². The van der Waals surface area contributed by atoms with Gasteiger partial charge in [0.1, 0.15) is 23.8 Å². The lowest BCUT2D eigenvalue weighted by Crippen LogP contribution is -2.37. The highest BCUT2D eigenvalue weighted by Crippen LogP contribution is 2.19. The number of nitrogens with zero attached hydrogens (tertiary/aromatic N) is 2. The van der Waals surface area contributed by atoms with Gasteiger partial charge in [0.05, 0.1) is 6.61 Å². The van der Waals surface area contributed by atoms with Crippen molar-refractivity contribution >= 4 is 11.6 Å². The summed E-state index contributed by atoms with van der Waals surface area (Å²) < 4.78 is 10.4. The molecule has 4 N–H and O–H groups in total. The Morgan fingerprint density at radius 3 is 3.11 bits per heavy atom. The van der Waals surface area contributed by atoms with Crippen molar-refractivity contribution in [2.24, 2.45) is 0 Å². The molecule has 1 saturated heterocycles. The van der Waals surface area contributed by atoms with E-state index in [0.717, 1.165) is 0 Å². The van der Waals surface area contributed by atoms with Crippen LogP contribution in [0, 0.1) is 0 Å². The van der Waals surface area contributed by atoms with Gasteiger partial charge in [0.2, 0.25) is 0 Å². The fourth-order valence-corrected chi connectivity index (χ4v) is 1.86. The van der Waals surface area contributed by atoms with Crippen molar-refractivity contribution in [3.8, 4) is 0 Å². The summed E-state index contributed by atoms with van der Waals surface area (Å²) >= 11 is 0. The van der Waals surface area contributed by atoms with Gasteiger partial charge in [-0.2, -0.15) is 0 Å². The number of hydrogen-bond donors (Lipinski definition) is 3. The molecule has 2 heterocycles. The van der Waals surface area contributed by atoms with Crippen LogP contribution >= 0.6 is 0 Å². The number of aromatic nitrogens is 2. The Morgan fingerprint density at radius 2 is 2.42 bits per heavy atom. The molecular weight excluding hydrogens is 248 g/mol. The van der Waals surface area contributed by atoms with E-state index < -0.39 is 5.60 Å². The first-order chi connectivity index (χ1) is 9.11. The summed E-state index contributed by atoms with van der Waals surface area (Å²) in [5, 5.41) is 13.2. The molecule has 106 valence electrons. The van der Waals surface area contributed by atoms with Crippen molar-refractivity contribution in [1.82, 2.24) is 9.97 Å². The predicted molar refractivity (Wildman–Crippen MR) is 70.6 cm³/mol. The largest absolute Gasteiger partial charge is 0.386 e. The van der Waals surface area contributed by atoms with Gasteiger partial charge in [0.25, 0.3) is 0 Å². The summed E-state index contributed by atoms with van der Waals surface area (Å²) in [6.07, 6.45) is 0.617. The number of nitrogen functional groups attached to an aromatic ring is 1. The summed E-state index contributed by atoms with van der Waals surface area (Å²) in [6, 6.07) is 1.63. The molecule has 1 aliphatic rings. The molecule has 1 aromatic rings. The Morgan fingerprint density at radius 1 is 1.58 bits per heavy atom. The molecule has 1 unspecified atom stereocenters. The summed E-state index contributed by atoms with van der Waals surface area (Å²) in [6.45, 7) is 4.12. The maximum Gasteiger partial charge on any atom is 0.158 e. The normalized spacial score (nSPS) is 22.6. The van der Waals surface area contributed by atoms with Crippen LogP contribution in [0.3, 0.4) is 0 Å². The van der Waals surface area contributed by atoms with Crippen LogP contribution in [0.2, 0.25) is 0 Å². The van der Waals surface area contributed by atoms with E-state index in [9.17, 15) is 5.11 Å². The maximum absolute atomic E-state index is 10.1. The molecular formula is C12H20N4O3. The Kier molecular flexibility index (Phi) is 4.52. The van der Waals surface area contributed by atoms with Crippen molar-refractivity contribution < 1.29 is 14.6 Å². The van der Waals surface area contributed by atoms with Gasteiger partial charge < -0.3 is 25.6 Å². The molecule has 1 aromatic heterocycles. The molecule has 0 saturated carbocycles. The Hall–Kier alpha value is -1.44. The molecule has 0 aromatic carbocycles. The zero-order valence-electron chi connectivity index (χ0n) is 11.1. The summed E-state index contributed by atoms with van der Waals surface area (Å²) in [5.74, 6) is 1.49. The zero-order chi connectivity index (χ0) is 13.7. The van der Waals surface area contributed by atoms with E-state index in [0.29, 0.717) is 56.9 Å². The smallest absolute Gasteiger partial charge is 0.158 e. The molecule has 0 radical (unpaired) electrons. The fraction of sp³-hybridized carbons (Fsp3) is 0.667. The second kappa shape index (κ2) is 6.14. The molecule has 19 heavy (non-hydrogen) atoms. The van der Waals surface area contributed by atoms with Crippen LogP contribution in [-0.4, -0.2) is 47.0 Å². The second-order valence-electron chi connectivity index (χ2n) is 4.61. The van der Waals surface area contributed by atoms with Crippen LogP contribution in [0.5, 0.6) is 0 Å². The number of rotatable bonds is 6. The van der Waals surface area contributed by atoms with E-state index in [1.54, 1.807) is 6.07 Å². The molecule has 0 bridgehead atoms. The number of nitrogens with two attached hydrogens (primary N) is 1. The van der Waals surface area contributed by atoms with Gasteiger partial charge in [-0.1, -0.05) is 0 Å². The minimum atomic E-state index is -0.834. The topological polar surface area (TPSA) is 103 Å². The highest BCUT2D eigenvalue weighted by Gasteiger charge is 2.32. The van der Waals surface area contributed by atoms with Crippen LogP contribution < -0.4 is 11.1 Å². The van der Waals surface area contributed by atoms with Crippen LogP contribution in [0.25, 0.3) is 0 Å². The second-order valence-corrected chi connectivity index (χ2v) is 4.61. The van der Waals surface area contributed by atoms with Crippen molar-refractivity contribution in [2.75, 3.05) is 37.4 Å². The first kappa shape index (κ1) is 14.0. The number of ether oxygens (including phenoxy) is 2. The lowest BCUT2D eigenvalue weighted by molar-refractivity contribution is 0.0381. The lowest BCUT2D eigenvalue weighted by atomic mass is 10.0. The summed E-state index contributed by atoms with van der Waals surface area (Å²) in [7, 11) is 0. The SMILES string of the molecule is CCOCc1nc(N)cc(NCC2(O)CCOC2)n1. The summed E-state index contributed by atoms with van der Waals surface area (Å²) in [4.78, 5) is 8.37. The monoisotopic (exact) mass is 268 g/mol. The minimum absolute atomic E-state index is 0.323. The van der Waals surface area contributed by atoms with Crippen LogP contribution in [0.4, 0.5) is 11.6 Å². The van der Waals surface area contributed by atoms with Gasteiger partial charge in [-0.15, -0.1) is 0 Å². The highest BCUT2D eigenvalue weighted by atomic mass is 16.5. The minimum Gasteiger partial charge on any atom is -0.386 e. The van der Waals surface area contributed by atoms with E-state index in [2.05, 4.69) is 15.3 Å². The average Bonchev–Trinajstić information content (AvgIpc) is 2.81. The third-order valence-corrected chi connectivity index (χ3v) is 2.91. The number of hydrogen-bond acceptors (Lipinski definition) is 7. The van der Waals surface area contributed by atoms with Gasteiger partial charge in [-0.25, -0.2) is 9.97 Å². The molecule has 0 aliphatic carbocycles. The van der Waals surface area contributed by atoms with Crippen molar-refractivity contribution in [1.29, 1.82) is 0 Å². The average molecular weight is 268 g/mol. The first-order valence-corrected chi connectivity index (χ1v) is 6.36. The number of anilines is 2. The van der Waals surface area contributed by atoms with E-state index >= 15 is 0 Å². The molecule has 2 rings (SSSR count). The lowest BCUT2D eigenvalue weighted by Gasteiger charge is -2.21. The van der Waals surface area contributed by atoms with Crippen molar-refractivity contribution in [3.63, 3.8) is 0 Å². The van der Waals surface area contributed by atoms with Crippen LogP contribution in [-0.2, 0) is 16.1 Å². The first-order valence-electron chi connectivity index (χ1n) is 6.36. The van der Waals surface area contributed by atoms with Gasteiger partial charge in [-0.3, -0.25) is 0 Å². The molecule has 7 heteroatoms. The molecule has 1 aliphatic heterocycles. The molecule has 0 amide bonds. The van der Waals surface area contributed by atoms with Crippen molar-refractivity contribution in [2.45, 2.75) is 25.6 Å². The molecule has 0 spiro atoms. The number of nitrogens with one attached hydrogen (secondary N) is 1. The van der Waals surface area contributed by atoms with Gasteiger partial charge in [-0.05, 0) is 6.92 Å². The molecule has 1 fully saturated rings. The fourth-order valence-electron chi connectivity index (χ4n) is 1.86. The molecule has 7 nitrogen and oxygen atoms in total. The van der Waals surface area contributed by atoms with E-state index in [-0.39, 0.29) is 0 Å². The third kappa shape index (κ3) is 4.02. The Labute approximate surface area is 112 Å². The Balaban J connectivity index is 1.97. The Bertz CT molecular complexity index is 421. The third-order valence-electron chi connectivity index (χ3n) is 2.91. The van der Waals surface area contributed by atoms with Gasteiger partial charge in [0, 0.05) is 32.2 Å². The van der Waals surface area contributed by atoms with E-state index in [1.165, 1.54) is 0 Å². The zero-order valence-corrected chi connectivity index (χ0v) is 11.1. The van der Waals surface area contributed by atoms with Gasteiger partial charge in [0.15, 0.2) is 5.82 Å². The highest BCUT2D eigenvalue weighted by molar-refractivity contribution is 5.44. The van der Waals surface area contributed by atoms with E-state index in [4.69, 9.17) is 15.2 Å².